The lowest BCUT2D eigenvalue weighted by molar-refractivity contribution is 0.0661. The third-order valence-corrected chi connectivity index (χ3v) is 6.48. The molecule has 0 spiro atoms. The normalized spacial score (nSPS) is 11.8. The summed E-state index contributed by atoms with van der Waals surface area (Å²) in [6, 6.07) is 30.1. The lowest BCUT2D eigenvalue weighted by Crippen LogP contribution is -2.45. The number of benzene rings is 3. The third kappa shape index (κ3) is 5.13. The van der Waals surface area contributed by atoms with Crippen molar-refractivity contribution in [2.24, 2.45) is 5.73 Å². The topological polar surface area (TPSA) is 59.2 Å². The smallest absolute Gasteiger partial charge is 0.274 e. The lowest BCUT2D eigenvalue weighted by atomic mass is 10.0. The summed E-state index contributed by atoms with van der Waals surface area (Å²) in [6.07, 6.45) is 0.694. The Hall–Kier alpha value is -3.28. The van der Waals surface area contributed by atoms with Crippen LogP contribution in [0.2, 0.25) is 0 Å². The molecule has 1 aromatic heterocycles. The Morgan fingerprint density at radius 3 is 2.06 bits per heavy atom. The minimum Gasteiger partial charge on any atom is -0.328 e. The van der Waals surface area contributed by atoms with Crippen molar-refractivity contribution in [3.8, 4) is 10.4 Å². The Bertz CT molecular complexity index is 1140. The van der Waals surface area contributed by atoms with Crippen LogP contribution in [-0.4, -0.2) is 28.4 Å². The fraction of sp³-hybridized carbons (Fsp3) is 0.185. The molecule has 0 radical (unpaired) electrons. The molecule has 0 aliphatic heterocycles. The number of carbonyl (C=O) groups excluding carboxylic acids is 1. The molecular formula is C27H27N3OS. The van der Waals surface area contributed by atoms with Gasteiger partial charge in [0.2, 0.25) is 0 Å². The van der Waals surface area contributed by atoms with Crippen LogP contribution in [0.4, 0.5) is 0 Å². The number of amides is 1. The molecule has 0 aliphatic carbocycles. The quantitative estimate of drug-likeness (QED) is 0.402. The van der Waals surface area contributed by atoms with Gasteiger partial charge < -0.3 is 10.6 Å². The van der Waals surface area contributed by atoms with E-state index in [-0.39, 0.29) is 11.9 Å². The van der Waals surface area contributed by atoms with Crippen LogP contribution in [0.15, 0.2) is 91.0 Å². The van der Waals surface area contributed by atoms with E-state index >= 15 is 0 Å². The molecule has 1 amide bonds. The van der Waals surface area contributed by atoms with E-state index < -0.39 is 0 Å². The number of hydrogen-bond acceptors (Lipinski definition) is 4. The van der Waals surface area contributed by atoms with Crippen molar-refractivity contribution < 1.29 is 4.79 Å². The number of rotatable bonds is 8. The van der Waals surface area contributed by atoms with E-state index in [1.54, 1.807) is 11.3 Å². The maximum atomic E-state index is 14.0. The zero-order valence-corrected chi connectivity index (χ0v) is 19.0. The minimum atomic E-state index is -0.143. The summed E-state index contributed by atoms with van der Waals surface area (Å²) >= 11 is 1.55. The molecule has 1 atom stereocenters. The first-order chi connectivity index (χ1) is 15.7. The average Bonchev–Trinajstić information content (AvgIpc) is 3.24. The number of aromatic nitrogens is 1. The van der Waals surface area contributed by atoms with Gasteiger partial charge in [-0.15, -0.1) is 11.3 Å². The van der Waals surface area contributed by atoms with Crippen LogP contribution in [0.5, 0.6) is 0 Å². The summed E-state index contributed by atoms with van der Waals surface area (Å²) in [7, 11) is 0. The first-order valence-corrected chi connectivity index (χ1v) is 11.6. The second-order valence-electron chi connectivity index (χ2n) is 7.77. The molecule has 4 aromatic rings. The van der Waals surface area contributed by atoms with Gasteiger partial charge >= 0.3 is 0 Å². The number of nitrogens with zero attached hydrogens (tertiary/aromatic N) is 2. The largest absolute Gasteiger partial charge is 0.328 e. The molecule has 162 valence electrons. The predicted octanol–water partition coefficient (Wildman–Crippen LogP) is 5.33. The monoisotopic (exact) mass is 441 g/mol. The van der Waals surface area contributed by atoms with E-state index in [0.29, 0.717) is 25.2 Å². The molecular weight excluding hydrogens is 414 g/mol. The second-order valence-corrected chi connectivity index (χ2v) is 8.98. The van der Waals surface area contributed by atoms with Gasteiger partial charge in [-0.3, -0.25) is 4.79 Å². The molecule has 0 unspecified atom stereocenters. The van der Waals surface area contributed by atoms with Crippen molar-refractivity contribution >= 4 is 17.2 Å². The SMILES string of the molecule is Cc1nc(C(=O)N(Cc2ccccc2)[C@@H](CN)Cc2ccccc2)c(-c2ccccc2)s1. The molecule has 32 heavy (non-hydrogen) atoms. The van der Waals surface area contributed by atoms with Crippen LogP contribution >= 0.6 is 11.3 Å². The van der Waals surface area contributed by atoms with Crippen LogP contribution in [0.1, 0.15) is 26.6 Å². The summed E-state index contributed by atoms with van der Waals surface area (Å²) in [5, 5.41) is 0.874. The molecule has 0 bridgehead atoms. The lowest BCUT2D eigenvalue weighted by Gasteiger charge is -2.31. The maximum Gasteiger partial charge on any atom is 0.274 e. The van der Waals surface area contributed by atoms with E-state index in [0.717, 1.165) is 26.6 Å². The van der Waals surface area contributed by atoms with Gasteiger partial charge in [-0.05, 0) is 30.0 Å². The van der Waals surface area contributed by atoms with Crippen LogP contribution in [-0.2, 0) is 13.0 Å². The molecule has 4 rings (SSSR count). The van der Waals surface area contributed by atoms with Gasteiger partial charge in [0, 0.05) is 19.1 Å². The fourth-order valence-electron chi connectivity index (χ4n) is 3.85. The van der Waals surface area contributed by atoms with Gasteiger partial charge in [-0.1, -0.05) is 91.0 Å². The first-order valence-electron chi connectivity index (χ1n) is 10.8. The van der Waals surface area contributed by atoms with Crippen molar-refractivity contribution in [1.82, 2.24) is 9.88 Å². The highest BCUT2D eigenvalue weighted by Crippen LogP contribution is 2.31. The maximum absolute atomic E-state index is 14.0. The average molecular weight is 442 g/mol. The van der Waals surface area contributed by atoms with Gasteiger partial charge in [0.25, 0.3) is 5.91 Å². The van der Waals surface area contributed by atoms with Crippen LogP contribution in [0.25, 0.3) is 10.4 Å². The number of carbonyl (C=O) groups is 1. The Morgan fingerprint density at radius 1 is 0.906 bits per heavy atom. The number of thiazole rings is 1. The highest BCUT2D eigenvalue weighted by Gasteiger charge is 2.29. The van der Waals surface area contributed by atoms with Crippen LogP contribution in [0, 0.1) is 6.92 Å². The van der Waals surface area contributed by atoms with E-state index in [9.17, 15) is 4.79 Å². The van der Waals surface area contributed by atoms with Gasteiger partial charge in [0.05, 0.1) is 9.88 Å². The van der Waals surface area contributed by atoms with E-state index in [2.05, 4.69) is 17.1 Å². The zero-order valence-electron chi connectivity index (χ0n) is 18.1. The standard InChI is InChI=1S/C27H27N3OS/c1-20-29-25(26(32-20)23-15-9-4-10-16-23)27(31)30(19-22-13-7-3-8-14-22)24(18-28)17-21-11-5-2-6-12-21/h2-16,24H,17-19,28H2,1H3/t24-/m1/s1. The molecule has 1 heterocycles. The summed E-state index contributed by atoms with van der Waals surface area (Å²) in [5.41, 5.74) is 9.97. The summed E-state index contributed by atoms with van der Waals surface area (Å²) < 4.78 is 0. The molecule has 0 aliphatic rings. The number of hydrogen-bond donors (Lipinski definition) is 1. The second kappa shape index (κ2) is 10.4. The van der Waals surface area contributed by atoms with Gasteiger partial charge in [0.15, 0.2) is 0 Å². The predicted molar refractivity (Wildman–Crippen MR) is 132 cm³/mol. The highest BCUT2D eigenvalue weighted by molar-refractivity contribution is 7.15. The van der Waals surface area contributed by atoms with E-state index in [4.69, 9.17) is 5.73 Å². The summed E-state index contributed by atoms with van der Waals surface area (Å²) in [4.78, 5) is 21.4. The van der Waals surface area contributed by atoms with Crippen LogP contribution in [0.3, 0.4) is 0 Å². The molecule has 4 nitrogen and oxygen atoms in total. The van der Waals surface area contributed by atoms with Crippen LogP contribution < -0.4 is 5.73 Å². The molecule has 0 saturated heterocycles. The molecule has 3 aromatic carbocycles. The van der Waals surface area contributed by atoms with E-state index in [1.807, 2.05) is 90.7 Å². The fourth-order valence-corrected chi connectivity index (χ4v) is 4.76. The highest BCUT2D eigenvalue weighted by atomic mass is 32.1. The first kappa shape index (κ1) is 21.9. The van der Waals surface area contributed by atoms with Gasteiger partial charge in [-0.25, -0.2) is 4.98 Å². The molecule has 5 heteroatoms. The Labute approximate surface area is 193 Å². The Kier molecular flexibility index (Phi) is 7.10. The number of aryl methyl sites for hydroxylation is 1. The van der Waals surface area contributed by atoms with Crippen molar-refractivity contribution in [3.05, 3.63) is 113 Å². The van der Waals surface area contributed by atoms with Crippen molar-refractivity contribution in [2.75, 3.05) is 6.54 Å². The van der Waals surface area contributed by atoms with Crippen molar-refractivity contribution in [1.29, 1.82) is 0 Å². The van der Waals surface area contributed by atoms with E-state index in [1.165, 1.54) is 0 Å². The third-order valence-electron chi connectivity index (χ3n) is 5.46. The molecule has 2 N–H and O–H groups in total. The summed E-state index contributed by atoms with van der Waals surface area (Å²) in [6.45, 7) is 2.80. The molecule has 0 saturated carbocycles. The molecule has 0 fully saturated rings. The summed E-state index contributed by atoms with van der Waals surface area (Å²) in [5.74, 6) is -0.0802. The Balaban J connectivity index is 1.72. The van der Waals surface area contributed by atoms with Crippen molar-refractivity contribution in [2.45, 2.75) is 25.9 Å². The van der Waals surface area contributed by atoms with Crippen molar-refractivity contribution in [3.63, 3.8) is 0 Å². The number of nitrogens with two attached hydrogens (primary N) is 1. The Morgan fingerprint density at radius 2 is 1.47 bits per heavy atom. The van der Waals surface area contributed by atoms with Gasteiger partial charge in [-0.2, -0.15) is 0 Å². The zero-order chi connectivity index (χ0) is 22.3. The van der Waals surface area contributed by atoms with Gasteiger partial charge in [0.1, 0.15) is 5.69 Å². The minimum absolute atomic E-state index is 0.0802.